The molecular weight excluding hydrogens is 290 g/mol. The van der Waals surface area contributed by atoms with E-state index in [4.69, 9.17) is 10.5 Å². The third-order valence-electron chi connectivity index (χ3n) is 4.24. The Labute approximate surface area is 118 Å². The quantitative estimate of drug-likeness (QED) is 0.918. The SMILES string of the molecule is COc1c(C)ccc(Br)c1C1(CN)CCCCC1. The van der Waals surface area contributed by atoms with Gasteiger partial charge in [-0.15, -0.1) is 0 Å². The summed E-state index contributed by atoms with van der Waals surface area (Å²) in [7, 11) is 1.76. The molecule has 0 atom stereocenters. The van der Waals surface area contributed by atoms with Crippen LogP contribution in [-0.2, 0) is 5.41 Å². The second-order valence-electron chi connectivity index (χ2n) is 5.32. The zero-order valence-corrected chi connectivity index (χ0v) is 12.8. The Hall–Kier alpha value is -0.540. The molecule has 0 aromatic heterocycles. The maximum absolute atomic E-state index is 6.14. The third-order valence-corrected chi connectivity index (χ3v) is 4.90. The lowest BCUT2D eigenvalue weighted by Gasteiger charge is -2.38. The molecule has 0 radical (unpaired) electrons. The molecule has 0 unspecified atom stereocenters. The molecule has 1 aromatic carbocycles. The van der Waals surface area contributed by atoms with E-state index in [1.807, 2.05) is 0 Å². The van der Waals surface area contributed by atoms with Gasteiger partial charge in [-0.25, -0.2) is 0 Å². The Balaban J connectivity index is 2.56. The number of hydrogen-bond acceptors (Lipinski definition) is 2. The first-order valence-electron chi connectivity index (χ1n) is 6.68. The average molecular weight is 312 g/mol. The van der Waals surface area contributed by atoms with Gasteiger partial charge in [0, 0.05) is 22.0 Å². The predicted molar refractivity (Wildman–Crippen MR) is 79.2 cm³/mol. The molecule has 2 rings (SSSR count). The summed E-state index contributed by atoms with van der Waals surface area (Å²) in [6, 6.07) is 4.22. The molecular formula is C15H22BrNO. The Bertz CT molecular complexity index is 425. The first-order chi connectivity index (χ1) is 8.64. The highest BCUT2D eigenvalue weighted by Crippen LogP contribution is 2.46. The number of hydrogen-bond donors (Lipinski definition) is 1. The summed E-state index contributed by atoms with van der Waals surface area (Å²) >= 11 is 3.70. The molecule has 0 heterocycles. The van der Waals surface area contributed by atoms with Crippen molar-refractivity contribution in [3.05, 3.63) is 27.7 Å². The predicted octanol–water partition coefficient (Wildman–Crippen LogP) is 3.93. The third kappa shape index (κ3) is 2.30. The van der Waals surface area contributed by atoms with Crippen molar-refractivity contribution >= 4 is 15.9 Å². The summed E-state index contributed by atoms with van der Waals surface area (Å²) in [5.41, 5.74) is 8.70. The van der Waals surface area contributed by atoms with Gasteiger partial charge in [0.05, 0.1) is 7.11 Å². The Morgan fingerprint density at radius 3 is 2.50 bits per heavy atom. The number of benzene rings is 1. The second-order valence-corrected chi connectivity index (χ2v) is 6.17. The van der Waals surface area contributed by atoms with Crippen LogP contribution in [-0.4, -0.2) is 13.7 Å². The molecule has 0 amide bonds. The molecule has 2 nitrogen and oxygen atoms in total. The van der Waals surface area contributed by atoms with Gasteiger partial charge in [-0.3, -0.25) is 0 Å². The van der Waals surface area contributed by atoms with Crippen LogP contribution in [0, 0.1) is 6.92 Å². The molecule has 3 heteroatoms. The summed E-state index contributed by atoms with van der Waals surface area (Å²) < 4.78 is 6.79. The second kappa shape index (κ2) is 5.62. The molecule has 0 aliphatic heterocycles. The maximum atomic E-state index is 6.14. The lowest BCUT2D eigenvalue weighted by atomic mass is 9.69. The van der Waals surface area contributed by atoms with Crippen LogP contribution >= 0.6 is 15.9 Å². The van der Waals surface area contributed by atoms with Crippen LogP contribution in [0.5, 0.6) is 5.75 Å². The minimum atomic E-state index is 0.0917. The lowest BCUT2D eigenvalue weighted by molar-refractivity contribution is 0.286. The summed E-state index contributed by atoms with van der Waals surface area (Å²) in [5, 5.41) is 0. The van der Waals surface area contributed by atoms with Crippen LogP contribution in [0.25, 0.3) is 0 Å². The van der Waals surface area contributed by atoms with Crippen molar-refractivity contribution in [2.75, 3.05) is 13.7 Å². The van der Waals surface area contributed by atoms with Crippen molar-refractivity contribution in [2.24, 2.45) is 5.73 Å². The molecule has 1 saturated carbocycles. The highest BCUT2D eigenvalue weighted by atomic mass is 79.9. The van der Waals surface area contributed by atoms with Gasteiger partial charge in [-0.05, 0) is 31.4 Å². The molecule has 18 heavy (non-hydrogen) atoms. The van der Waals surface area contributed by atoms with E-state index < -0.39 is 0 Å². The number of rotatable bonds is 3. The van der Waals surface area contributed by atoms with Crippen LogP contribution in [0.4, 0.5) is 0 Å². The van der Waals surface area contributed by atoms with Crippen molar-refractivity contribution in [3.8, 4) is 5.75 Å². The van der Waals surface area contributed by atoms with Crippen LogP contribution in [0.15, 0.2) is 16.6 Å². The average Bonchev–Trinajstić information content (AvgIpc) is 2.41. The van der Waals surface area contributed by atoms with E-state index in [2.05, 4.69) is 35.0 Å². The number of methoxy groups -OCH3 is 1. The number of aryl methyl sites for hydroxylation is 1. The van der Waals surface area contributed by atoms with Gasteiger partial charge in [0.2, 0.25) is 0 Å². The van der Waals surface area contributed by atoms with Crippen LogP contribution < -0.4 is 10.5 Å². The summed E-state index contributed by atoms with van der Waals surface area (Å²) in [6.45, 7) is 2.80. The minimum Gasteiger partial charge on any atom is -0.496 e. The standard InChI is InChI=1S/C15H22BrNO/c1-11-6-7-12(16)13(14(11)18-2)15(10-17)8-4-3-5-9-15/h6-7H,3-5,8-10,17H2,1-2H3. The van der Waals surface area contributed by atoms with Crippen LogP contribution in [0.2, 0.25) is 0 Å². The fourth-order valence-corrected chi connectivity index (χ4v) is 3.94. The molecule has 1 aliphatic rings. The van der Waals surface area contributed by atoms with Crippen molar-refractivity contribution in [3.63, 3.8) is 0 Å². The van der Waals surface area contributed by atoms with E-state index in [9.17, 15) is 0 Å². The van der Waals surface area contributed by atoms with Crippen molar-refractivity contribution in [2.45, 2.75) is 44.4 Å². The largest absolute Gasteiger partial charge is 0.496 e. The summed E-state index contributed by atoms with van der Waals surface area (Å²) in [6.07, 6.45) is 6.19. The molecule has 1 aromatic rings. The Morgan fingerprint density at radius 1 is 1.28 bits per heavy atom. The van der Waals surface area contributed by atoms with Gasteiger partial charge in [-0.1, -0.05) is 41.3 Å². The molecule has 100 valence electrons. The molecule has 1 aliphatic carbocycles. The van der Waals surface area contributed by atoms with E-state index in [1.54, 1.807) is 7.11 Å². The highest BCUT2D eigenvalue weighted by Gasteiger charge is 2.37. The monoisotopic (exact) mass is 311 g/mol. The zero-order chi connectivity index (χ0) is 13.2. The van der Waals surface area contributed by atoms with Crippen LogP contribution in [0.1, 0.15) is 43.2 Å². The van der Waals surface area contributed by atoms with Gasteiger partial charge in [0.1, 0.15) is 5.75 Å². The van der Waals surface area contributed by atoms with Gasteiger partial charge in [-0.2, -0.15) is 0 Å². The highest BCUT2D eigenvalue weighted by molar-refractivity contribution is 9.10. The Kier molecular flexibility index (Phi) is 4.33. The normalized spacial score (nSPS) is 18.7. The van der Waals surface area contributed by atoms with Crippen LogP contribution in [0.3, 0.4) is 0 Å². The Morgan fingerprint density at radius 2 is 1.94 bits per heavy atom. The fourth-order valence-electron chi connectivity index (χ4n) is 3.20. The molecule has 1 fully saturated rings. The lowest BCUT2D eigenvalue weighted by Crippen LogP contribution is -2.38. The van der Waals surface area contributed by atoms with Gasteiger partial charge < -0.3 is 10.5 Å². The van der Waals surface area contributed by atoms with Gasteiger partial charge in [0.15, 0.2) is 0 Å². The summed E-state index contributed by atoms with van der Waals surface area (Å²) in [5.74, 6) is 1.01. The van der Waals surface area contributed by atoms with Crippen molar-refractivity contribution in [1.82, 2.24) is 0 Å². The van der Waals surface area contributed by atoms with E-state index in [-0.39, 0.29) is 5.41 Å². The smallest absolute Gasteiger partial charge is 0.126 e. The van der Waals surface area contributed by atoms with E-state index in [0.717, 1.165) is 10.2 Å². The van der Waals surface area contributed by atoms with E-state index >= 15 is 0 Å². The first-order valence-corrected chi connectivity index (χ1v) is 7.47. The minimum absolute atomic E-state index is 0.0917. The summed E-state index contributed by atoms with van der Waals surface area (Å²) in [4.78, 5) is 0. The van der Waals surface area contributed by atoms with Crippen molar-refractivity contribution < 1.29 is 4.74 Å². The first kappa shape index (κ1) is 13.9. The molecule has 0 bridgehead atoms. The molecule has 0 saturated heterocycles. The van der Waals surface area contributed by atoms with E-state index in [1.165, 1.54) is 43.2 Å². The van der Waals surface area contributed by atoms with E-state index in [0.29, 0.717) is 6.54 Å². The van der Waals surface area contributed by atoms with Gasteiger partial charge >= 0.3 is 0 Å². The topological polar surface area (TPSA) is 35.2 Å². The van der Waals surface area contributed by atoms with Gasteiger partial charge in [0.25, 0.3) is 0 Å². The number of ether oxygens (including phenoxy) is 1. The maximum Gasteiger partial charge on any atom is 0.126 e. The van der Waals surface area contributed by atoms with Crippen molar-refractivity contribution in [1.29, 1.82) is 0 Å². The zero-order valence-electron chi connectivity index (χ0n) is 11.3. The molecule has 0 spiro atoms. The molecule has 2 N–H and O–H groups in total. The fraction of sp³-hybridized carbons (Fsp3) is 0.600. The number of halogens is 1. The number of nitrogens with two attached hydrogens (primary N) is 1.